The number of hydrogen-bond acceptors (Lipinski definition) is 3. The van der Waals surface area contributed by atoms with E-state index >= 15 is 0 Å². The van der Waals surface area contributed by atoms with Crippen LogP contribution >= 0.6 is 0 Å². The van der Waals surface area contributed by atoms with Gasteiger partial charge in [0.25, 0.3) is 0 Å². The molecule has 94 valence electrons. The van der Waals surface area contributed by atoms with Crippen LogP contribution < -0.4 is 5.32 Å². The predicted octanol–water partition coefficient (Wildman–Crippen LogP) is 1.77. The molecule has 0 unspecified atom stereocenters. The maximum absolute atomic E-state index is 5.44. The average Bonchev–Trinajstić information content (AvgIpc) is 2.90. The number of hydrogen-bond donors (Lipinski definition) is 2. The maximum atomic E-state index is 5.44. The molecule has 3 rings (SSSR count). The van der Waals surface area contributed by atoms with Gasteiger partial charge < -0.3 is 10.1 Å². The lowest BCUT2D eigenvalue weighted by Gasteiger charge is -2.26. The Morgan fingerprint density at radius 1 is 1.06 bits per heavy atom. The Hall–Kier alpha value is -0.870. The summed E-state index contributed by atoms with van der Waals surface area (Å²) < 4.78 is 5.44. The molecular weight excluding hydrogens is 214 g/mol. The molecule has 4 heteroatoms. The minimum absolute atomic E-state index is 0.660. The number of rotatable bonds is 2. The highest BCUT2D eigenvalue weighted by Crippen LogP contribution is 2.34. The van der Waals surface area contributed by atoms with Crippen LogP contribution in [-0.4, -0.2) is 36.5 Å². The fraction of sp³-hybridized carbons (Fsp3) is 0.769. The van der Waals surface area contributed by atoms with E-state index in [1.807, 2.05) is 6.20 Å². The zero-order valence-corrected chi connectivity index (χ0v) is 10.2. The highest BCUT2D eigenvalue weighted by molar-refractivity contribution is 5.25. The van der Waals surface area contributed by atoms with Crippen molar-refractivity contribution in [2.24, 2.45) is 0 Å². The van der Waals surface area contributed by atoms with E-state index in [1.54, 1.807) is 0 Å². The van der Waals surface area contributed by atoms with Crippen LogP contribution in [0.3, 0.4) is 0 Å². The normalized spacial score (nSPS) is 24.0. The lowest BCUT2D eigenvalue weighted by molar-refractivity contribution is 0.0850. The average molecular weight is 235 g/mol. The number of piperidine rings is 1. The molecule has 2 saturated heterocycles. The fourth-order valence-corrected chi connectivity index (χ4v) is 3.08. The predicted molar refractivity (Wildman–Crippen MR) is 66.2 cm³/mol. The van der Waals surface area contributed by atoms with E-state index in [1.165, 1.54) is 24.1 Å². The van der Waals surface area contributed by atoms with Crippen LogP contribution in [0.25, 0.3) is 0 Å². The summed E-state index contributed by atoms with van der Waals surface area (Å²) in [6.07, 6.45) is 6.82. The quantitative estimate of drug-likeness (QED) is 0.821. The fourth-order valence-electron chi connectivity index (χ4n) is 3.08. The van der Waals surface area contributed by atoms with Crippen molar-refractivity contribution in [1.82, 2.24) is 15.5 Å². The van der Waals surface area contributed by atoms with Gasteiger partial charge in [-0.2, -0.15) is 5.10 Å². The van der Waals surface area contributed by atoms with Crippen molar-refractivity contribution in [3.05, 3.63) is 17.5 Å². The lowest BCUT2D eigenvalue weighted by atomic mass is 9.85. The first-order valence-corrected chi connectivity index (χ1v) is 6.77. The summed E-state index contributed by atoms with van der Waals surface area (Å²) in [6.45, 7) is 4.08. The second kappa shape index (κ2) is 5.19. The van der Waals surface area contributed by atoms with E-state index in [0.29, 0.717) is 11.8 Å². The van der Waals surface area contributed by atoms with Crippen LogP contribution in [0.2, 0.25) is 0 Å². The number of aromatic amines is 1. The lowest BCUT2D eigenvalue weighted by Crippen LogP contribution is -2.27. The summed E-state index contributed by atoms with van der Waals surface area (Å²) >= 11 is 0. The first kappa shape index (κ1) is 11.2. The minimum atomic E-state index is 0.660. The number of ether oxygens (including phenoxy) is 1. The molecule has 0 atom stereocenters. The smallest absolute Gasteiger partial charge is 0.0525 e. The number of nitrogens with one attached hydrogen (secondary N) is 2. The summed E-state index contributed by atoms with van der Waals surface area (Å²) in [7, 11) is 0. The van der Waals surface area contributed by atoms with Crippen LogP contribution in [0.5, 0.6) is 0 Å². The van der Waals surface area contributed by atoms with Gasteiger partial charge in [0, 0.05) is 24.8 Å². The Kier molecular flexibility index (Phi) is 3.43. The summed E-state index contributed by atoms with van der Waals surface area (Å²) in [5.74, 6) is 1.34. The number of nitrogens with zero attached hydrogens (tertiary/aromatic N) is 1. The third-order valence-corrected chi connectivity index (χ3v) is 4.11. The standard InChI is InChI=1S/C13H21N3O/c1-5-14-6-2-11(1)13-12(9-15-16-13)10-3-7-17-8-4-10/h9-11,14H,1-8H2,(H,15,16). The van der Waals surface area contributed by atoms with E-state index in [2.05, 4.69) is 15.5 Å². The van der Waals surface area contributed by atoms with E-state index in [4.69, 9.17) is 4.74 Å². The SMILES string of the molecule is c1n[nH]c(C2CCNCC2)c1C1CCOCC1. The van der Waals surface area contributed by atoms with Crippen LogP contribution in [0.1, 0.15) is 48.8 Å². The van der Waals surface area contributed by atoms with Crippen molar-refractivity contribution in [3.8, 4) is 0 Å². The molecular formula is C13H21N3O. The van der Waals surface area contributed by atoms with Crippen LogP contribution in [0.15, 0.2) is 6.20 Å². The van der Waals surface area contributed by atoms with Crippen molar-refractivity contribution in [1.29, 1.82) is 0 Å². The molecule has 0 spiro atoms. The molecule has 4 nitrogen and oxygen atoms in total. The second-order valence-corrected chi connectivity index (χ2v) is 5.15. The molecule has 0 radical (unpaired) electrons. The second-order valence-electron chi connectivity index (χ2n) is 5.15. The third-order valence-electron chi connectivity index (χ3n) is 4.11. The van der Waals surface area contributed by atoms with Gasteiger partial charge in [0.05, 0.1) is 6.20 Å². The monoisotopic (exact) mass is 235 g/mol. The summed E-state index contributed by atoms with van der Waals surface area (Å²) in [5.41, 5.74) is 2.86. The highest BCUT2D eigenvalue weighted by Gasteiger charge is 2.25. The van der Waals surface area contributed by atoms with Gasteiger partial charge >= 0.3 is 0 Å². The minimum Gasteiger partial charge on any atom is -0.381 e. The molecule has 0 bridgehead atoms. The van der Waals surface area contributed by atoms with Gasteiger partial charge in [-0.25, -0.2) is 0 Å². The molecule has 0 amide bonds. The number of H-pyrrole nitrogens is 1. The Morgan fingerprint density at radius 3 is 2.59 bits per heavy atom. The van der Waals surface area contributed by atoms with Gasteiger partial charge in [0.2, 0.25) is 0 Å². The van der Waals surface area contributed by atoms with E-state index in [-0.39, 0.29) is 0 Å². The Labute approximate surface area is 102 Å². The Bertz CT molecular complexity index is 319. The molecule has 1 aromatic heterocycles. The zero-order chi connectivity index (χ0) is 11.5. The molecule has 2 fully saturated rings. The van der Waals surface area contributed by atoms with Crippen molar-refractivity contribution in [3.63, 3.8) is 0 Å². The van der Waals surface area contributed by atoms with Gasteiger partial charge in [-0.3, -0.25) is 5.10 Å². The molecule has 1 aromatic rings. The number of aromatic nitrogens is 2. The zero-order valence-electron chi connectivity index (χ0n) is 10.2. The summed E-state index contributed by atoms with van der Waals surface area (Å²) in [4.78, 5) is 0. The van der Waals surface area contributed by atoms with Crippen molar-refractivity contribution in [2.45, 2.75) is 37.5 Å². The van der Waals surface area contributed by atoms with Crippen LogP contribution in [-0.2, 0) is 4.74 Å². The van der Waals surface area contributed by atoms with E-state index in [9.17, 15) is 0 Å². The van der Waals surface area contributed by atoms with Gasteiger partial charge in [0.1, 0.15) is 0 Å². The first-order valence-electron chi connectivity index (χ1n) is 6.77. The van der Waals surface area contributed by atoms with E-state index in [0.717, 1.165) is 39.1 Å². The summed E-state index contributed by atoms with van der Waals surface area (Å²) in [5, 5.41) is 11.0. The largest absolute Gasteiger partial charge is 0.381 e. The third kappa shape index (κ3) is 2.38. The Balaban J connectivity index is 1.77. The first-order chi connectivity index (χ1) is 8.45. The molecule has 2 aliphatic rings. The van der Waals surface area contributed by atoms with Crippen molar-refractivity contribution < 1.29 is 4.74 Å². The van der Waals surface area contributed by atoms with Crippen LogP contribution in [0, 0.1) is 0 Å². The molecule has 0 aliphatic carbocycles. The van der Waals surface area contributed by atoms with Gasteiger partial charge in [-0.15, -0.1) is 0 Å². The summed E-state index contributed by atoms with van der Waals surface area (Å²) in [6, 6.07) is 0. The maximum Gasteiger partial charge on any atom is 0.0525 e. The van der Waals surface area contributed by atoms with Crippen LogP contribution in [0.4, 0.5) is 0 Å². The van der Waals surface area contributed by atoms with Crippen molar-refractivity contribution >= 4 is 0 Å². The highest BCUT2D eigenvalue weighted by atomic mass is 16.5. The van der Waals surface area contributed by atoms with Crippen molar-refractivity contribution in [2.75, 3.05) is 26.3 Å². The molecule has 2 N–H and O–H groups in total. The van der Waals surface area contributed by atoms with Gasteiger partial charge in [-0.1, -0.05) is 0 Å². The molecule has 0 aromatic carbocycles. The van der Waals surface area contributed by atoms with Gasteiger partial charge in [-0.05, 0) is 50.3 Å². The molecule has 3 heterocycles. The van der Waals surface area contributed by atoms with E-state index < -0.39 is 0 Å². The van der Waals surface area contributed by atoms with Gasteiger partial charge in [0.15, 0.2) is 0 Å². The molecule has 2 aliphatic heterocycles. The molecule has 0 saturated carbocycles. The Morgan fingerprint density at radius 2 is 1.82 bits per heavy atom. The topological polar surface area (TPSA) is 49.9 Å². The molecule has 17 heavy (non-hydrogen) atoms.